The number of halogens is 1. The van der Waals surface area contributed by atoms with Crippen LogP contribution in [0.25, 0.3) is 0 Å². The number of benzene rings is 1. The standard InChI is InChI=1S/C14H18ClNO3/c1-3-19-14(17)10-4-5-13(12(15)8-10)16-7-6-11(9-16)18-2/h4-5,8,11H,3,6-7,9H2,1-2H3. The summed E-state index contributed by atoms with van der Waals surface area (Å²) in [6, 6.07) is 5.28. The first-order valence-electron chi connectivity index (χ1n) is 6.40. The van der Waals surface area contributed by atoms with E-state index in [2.05, 4.69) is 4.90 Å². The van der Waals surface area contributed by atoms with Crippen molar-refractivity contribution in [3.05, 3.63) is 28.8 Å². The van der Waals surface area contributed by atoms with E-state index in [1.165, 1.54) is 0 Å². The van der Waals surface area contributed by atoms with Crippen molar-refractivity contribution < 1.29 is 14.3 Å². The van der Waals surface area contributed by atoms with Crippen molar-refractivity contribution in [2.75, 3.05) is 31.7 Å². The van der Waals surface area contributed by atoms with Crippen LogP contribution < -0.4 is 4.90 Å². The van der Waals surface area contributed by atoms with E-state index in [9.17, 15) is 4.79 Å². The summed E-state index contributed by atoms with van der Waals surface area (Å²) in [5.74, 6) is -0.341. The van der Waals surface area contributed by atoms with Crippen LogP contribution in [0.1, 0.15) is 23.7 Å². The Morgan fingerprint density at radius 2 is 2.32 bits per heavy atom. The van der Waals surface area contributed by atoms with Crippen LogP contribution in [0.15, 0.2) is 18.2 Å². The summed E-state index contributed by atoms with van der Waals surface area (Å²) >= 11 is 6.25. The minimum atomic E-state index is -0.341. The Hall–Kier alpha value is -1.26. The van der Waals surface area contributed by atoms with Gasteiger partial charge in [-0.1, -0.05) is 11.6 Å². The zero-order chi connectivity index (χ0) is 13.8. The van der Waals surface area contributed by atoms with Crippen molar-refractivity contribution >= 4 is 23.3 Å². The predicted molar refractivity (Wildman–Crippen MR) is 75.0 cm³/mol. The molecule has 1 unspecified atom stereocenters. The molecular formula is C14H18ClNO3. The molecule has 1 aromatic rings. The summed E-state index contributed by atoms with van der Waals surface area (Å²) in [7, 11) is 1.72. The molecule has 104 valence electrons. The first-order valence-corrected chi connectivity index (χ1v) is 6.78. The highest BCUT2D eigenvalue weighted by Crippen LogP contribution is 2.30. The zero-order valence-electron chi connectivity index (χ0n) is 11.2. The molecule has 0 saturated carbocycles. The summed E-state index contributed by atoms with van der Waals surface area (Å²) in [6.45, 7) is 3.88. The number of rotatable bonds is 4. The largest absolute Gasteiger partial charge is 0.462 e. The maximum Gasteiger partial charge on any atom is 0.338 e. The van der Waals surface area contributed by atoms with Gasteiger partial charge in [0.1, 0.15) is 0 Å². The third kappa shape index (κ3) is 3.19. The number of ether oxygens (including phenoxy) is 2. The lowest BCUT2D eigenvalue weighted by Crippen LogP contribution is -2.22. The summed E-state index contributed by atoms with van der Waals surface area (Å²) in [4.78, 5) is 13.8. The highest BCUT2D eigenvalue weighted by atomic mass is 35.5. The van der Waals surface area contributed by atoms with E-state index in [1.807, 2.05) is 6.07 Å². The molecule has 1 aliphatic heterocycles. The van der Waals surface area contributed by atoms with Gasteiger partial charge in [-0.25, -0.2) is 4.79 Å². The van der Waals surface area contributed by atoms with Gasteiger partial charge in [0.25, 0.3) is 0 Å². The van der Waals surface area contributed by atoms with E-state index in [4.69, 9.17) is 21.1 Å². The van der Waals surface area contributed by atoms with Crippen LogP contribution in [-0.2, 0) is 9.47 Å². The number of carbonyl (C=O) groups excluding carboxylic acids is 1. The number of nitrogens with zero attached hydrogens (tertiary/aromatic N) is 1. The fourth-order valence-corrected chi connectivity index (χ4v) is 2.54. The fourth-order valence-electron chi connectivity index (χ4n) is 2.24. The smallest absolute Gasteiger partial charge is 0.338 e. The molecule has 0 aliphatic carbocycles. The van der Waals surface area contributed by atoms with Gasteiger partial charge in [-0.2, -0.15) is 0 Å². The lowest BCUT2D eigenvalue weighted by atomic mass is 10.2. The lowest BCUT2D eigenvalue weighted by molar-refractivity contribution is 0.0526. The van der Waals surface area contributed by atoms with Crippen LogP contribution in [0.2, 0.25) is 5.02 Å². The second-order valence-electron chi connectivity index (χ2n) is 4.48. The number of anilines is 1. The average molecular weight is 284 g/mol. The normalized spacial score (nSPS) is 18.7. The molecule has 2 rings (SSSR count). The van der Waals surface area contributed by atoms with Crippen molar-refractivity contribution in [1.29, 1.82) is 0 Å². The molecule has 5 heteroatoms. The van der Waals surface area contributed by atoms with Gasteiger partial charge in [0, 0.05) is 20.2 Å². The van der Waals surface area contributed by atoms with Crippen molar-refractivity contribution in [3.8, 4) is 0 Å². The zero-order valence-corrected chi connectivity index (χ0v) is 11.9. The minimum absolute atomic E-state index is 0.251. The van der Waals surface area contributed by atoms with Crippen LogP contribution >= 0.6 is 11.6 Å². The summed E-state index contributed by atoms with van der Waals surface area (Å²) in [5, 5.41) is 0.572. The van der Waals surface area contributed by atoms with E-state index in [-0.39, 0.29) is 12.1 Å². The van der Waals surface area contributed by atoms with Crippen molar-refractivity contribution in [2.24, 2.45) is 0 Å². The number of carbonyl (C=O) groups is 1. The molecule has 0 N–H and O–H groups in total. The molecule has 0 radical (unpaired) electrons. The third-order valence-electron chi connectivity index (χ3n) is 3.28. The fraction of sp³-hybridized carbons (Fsp3) is 0.500. The van der Waals surface area contributed by atoms with Gasteiger partial charge >= 0.3 is 5.97 Å². The molecule has 1 aliphatic rings. The predicted octanol–water partition coefficient (Wildman–Crippen LogP) is 2.74. The molecule has 1 atom stereocenters. The van der Waals surface area contributed by atoms with Crippen molar-refractivity contribution in [3.63, 3.8) is 0 Å². The Kier molecular flexibility index (Phi) is 4.66. The number of hydrogen-bond acceptors (Lipinski definition) is 4. The van der Waals surface area contributed by atoms with Gasteiger partial charge in [-0.3, -0.25) is 0 Å². The van der Waals surface area contributed by atoms with Gasteiger partial charge in [0.2, 0.25) is 0 Å². The van der Waals surface area contributed by atoms with Gasteiger partial charge in [-0.15, -0.1) is 0 Å². The second-order valence-corrected chi connectivity index (χ2v) is 4.89. The number of esters is 1. The molecule has 0 aromatic heterocycles. The molecule has 1 aromatic carbocycles. The highest BCUT2D eigenvalue weighted by molar-refractivity contribution is 6.33. The summed E-state index contributed by atoms with van der Waals surface area (Å²) in [5.41, 5.74) is 1.42. The van der Waals surface area contributed by atoms with Crippen LogP contribution in [0.3, 0.4) is 0 Å². The molecule has 1 fully saturated rings. The number of methoxy groups -OCH3 is 1. The van der Waals surface area contributed by atoms with E-state index in [0.717, 1.165) is 25.2 Å². The molecule has 4 nitrogen and oxygen atoms in total. The van der Waals surface area contributed by atoms with Gasteiger partial charge < -0.3 is 14.4 Å². The number of hydrogen-bond donors (Lipinski definition) is 0. The third-order valence-corrected chi connectivity index (χ3v) is 3.58. The molecule has 19 heavy (non-hydrogen) atoms. The Morgan fingerprint density at radius 3 is 2.89 bits per heavy atom. The van der Waals surface area contributed by atoms with E-state index >= 15 is 0 Å². The maximum atomic E-state index is 11.6. The van der Waals surface area contributed by atoms with E-state index in [0.29, 0.717) is 17.2 Å². The van der Waals surface area contributed by atoms with E-state index in [1.54, 1.807) is 26.2 Å². The average Bonchev–Trinajstić information content (AvgIpc) is 2.87. The molecule has 0 amide bonds. The van der Waals surface area contributed by atoms with Gasteiger partial charge in [0.05, 0.1) is 29.0 Å². The van der Waals surface area contributed by atoms with E-state index < -0.39 is 0 Å². The van der Waals surface area contributed by atoms with Crippen molar-refractivity contribution in [2.45, 2.75) is 19.4 Å². The topological polar surface area (TPSA) is 38.8 Å². The monoisotopic (exact) mass is 283 g/mol. The van der Waals surface area contributed by atoms with Crippen LogP contribution in [0.5, 0.6) is 0 Å². The quantitative estimate of drug-likeness (QED) is 0.797. The highest BCUT2D eigenvalue weighted by Gasteiger charge is 2.24. The van der Waals surface area contributed by atoms with Crippen molar-refractivity contribution in [1.82, 2.24) is 0 Å². The molecule has 1 heterocycles. The molecule has 1 saturated heterocycles. The van der Waals surface area contributed by atoms with Crippen LogP contribution in [0, 0.1) is 0 Å². The molecular weight excluding hydrogens is 266 g/mol. The Morgan fingerprint density at radius 1 is 1.53 bits per heavy atom. The Labute approximate surface area is 118 Å². The van der Waals surface area contributed by atoms with Gasteiger partial charge in [0.15, 0.2) is 0 Å². The summed E-state index contributed by atoms with van der Waals surface area (Å²) < 4.78 is 10.3. The van der Waals surface area contributed by atoms with Crippen LogP contribution in [0.4, 0.5) is 5.69 Å². The first kappa shape index (κ1) is 14.2. The lowest BCUT2D eigenvalue weighted by Gasteiger charge is -2.20. The summed E-state index contributed by atoms with van der Waals surface area (Å²) in [6.07, 6.45) is 1.24. The van der Waals surface area contributed by atoms with Crippen LogP contribution in [-0.4, -0.2) is 38.9 Å². The Bertz CT molecular complexity index is 464. The second kappa shape index (κ2) is 6.26. The first-order chi connectivity index (χ1) is 9.15. The molecule has 0 spiro atoms. The SMILES string of the molecule is CCOC(=O)c1ccc(N2CCC(OC)C2)c(Cl)c1. The minimum Gasteiger partial charge on any atom is -0.462 e. The Balaban J connectivity index is 2.13. The van der Waals surface area contributed by atoms with Gasteiger partial charge in [-0.05, 0) is 31.5 Å². The molecule has 0 bridgehead atoms. The maximum absolute atomic E-state index is 11.6.